The van der Waals surface area contributed by atoms with Gasteiger partial charge in [-0.15, -0.1) is 0 Å². The van der Waals surface area contributed by atoms with Crippen LogP contribution >= 0.6 is 0 Å². The average molecular weight is 265 g/mol. The van der Waals surface area contributed by atoms with Gasteiger partial charge in [-0.05, 0) is 24.0 Å². The van der Waals surface area contributed by atoms with E-state index in [1.165, 1.54) is 5.56 Å². The zero-order chi connectivity index (χ0) is 14.4. The molecule has 1 aromatic rings. The summed E-state index contributed by atoms with van der Waals surface area (Å²) >= 11 is 0. The van der Waals surface area contributed by atoms with Crippen molar-refractivity contribution in [2.75, 3.05) is 6.54 Å². The standard InChI is InChI=1S/C15H23NO3/c1-10(2)12-4-6-13(7-5-12)15(19)11(3)16-9-8-14(17)18/h4-7,10-11,15-16,19H,8-9H2,1-3H3,(H,17,18). The van der Waals surface area contributed by atoms with E-state index in [1.54, 1.807) is 0 Å². The number of aliphatic carboxylic acids is 1. The second-order valence-electron chi connectivity index (χ2n) is 5.15. The summed E-state index contributed by atoms with van der Waals surface area (Å²) in [6.45, 7) is 6.46. The summed E-state index contributed by atoms with van der Waals surface area (Å²) in [5, 5.41) is 21.8. The van der Waals surface area contributed by atoms with Crippen molar-refractivity contribution in [2.45, 2.75) is 45.3 Å². The molecule has 4 heteroatoms. The molecule has 0 radical (unpaired) electrons. The van der Waals surface area contributed by atoms with E-state index in [4.69, 9.17) is 5.11 Å². The molecule has 0 saturated carbocycles. The molecule has 3 N–H and O–H groups in total. The third-order valence-electron chi connectivity index (χ3n) is 3.22. The zero-order valence-corrected chi connectivity index (χ0v) is 11.8. The molecule has 4 nitrogen and oxygen atoms in total. The number of carbonyl (C=O) groups is 1. The van der Waals surface area contributed by atoms with E-state index in [1.807, 2.05) is 31.2 Å². The van der Waals surface area contributed by atoms with Gasteiger partial charge in [0.25, 0.3) is 0 Å². The number of aliphatic hydroxyl groups is 1. The summed E-state index contributed by atoms with van der Waals surface area (Å²) in [5.74, 6) is -0.368. The van der Waals surface area contributed by atoms with E-state index in [2.05, 4.69) is 19.2 Å². The van der Waals surface area contributed by atoms with E-state index >= 15 is 0 Å². The number of hydrogen-bond acceptors (Lipinski definition) is 3. The summed E-state index contributed by atoms with van der Waals surface area (Å²) in [6.07, 6.45) is -0.571. The van der Waals surface area contributed by atoms with E-state index in [0.717, 1.165) is 5.56 Å². The lowest BCUT2D eigenvalue weighted by Crippen LogP contribution is -2.33. The van der Waals surface area contributed by atoms with Gasteiger partial charge in [0, 0.05) is 12.6 Å². The maximum Gasteiger partial charge on any atom is 0.304 e. The minimum absolute atomic E-state index is 0.0589. The van der Waals surface area contributed by atoms with Crippen LogP contribution in [0.3, 0.4) is 0 Å². The molecule has 0 aromatic heterocycles. The quantitative estimate of drug-likeness (QED) is 0.707. The Morgan fingerprint density at radius 2 is 1.68 bits per heavy atom. The van der Waals surface area contributed by atoms with Gasteiger partial charge in [-0.3, -0.25) is 4.79 Å². The fourth-order valence-corrected chi connectivity index (χ4v) is 1.89. The lowest BCUT2D eigenvalue weighted by molar-refractivity contribution is -0.136. The molecular weight excluding hydrogens is 242 g/mol. The molecule has 0 heterocycles. The first-order chi connectivity index (χ1) is 8.91. The second kappa shape index (κ2) is 7.26. The minimum Gasteiger partial charge on any atom is -0.481 e. The fourth-order valence-electron chi connectivity index (χ4n) is 1.89. The van der Waals surface area contributed by atoms with Gasteiger partial charge in [-0.2, -0.15) is 0 Å². The van der Waals surface area contributed by atoms with Crippen LogP contribution < -0.4 is 5.32 Å². The molecule has 0 aliphatic rings. The van der Waals surface area contributed by atoms with E-state index in [9.17, 15) is 9.90 Å². The van der Waals surface area contributed by atoms with Gasteiger partial charge < -0.3 is 15.5 Å². The van der Waals surface area contributed by atoms with Gasteiger partial charge in [0.15, 0.2) is 0 Å². The summed E-state index contributed by atoms with van der Waals surface area (Å²) in [7, 11) is 0. The van der Waals surface area contributed by atoms with Crippen LogP contribution in [0.25, 0.3) is 0 Å². The molecule has 19 heavy (non-hydrogen) atoms. The Balaban J connectivity index is 2.56. The highest BCUT2D eigenvalue weighted by Gasteiger charge is 2.16. The SMILES string of the molecule is CC(C)c1ccc(C(O)C(C)NCCC(=O)O)cc1. The van der Waals surface area contributed by atoms with Gasteiger partial charge in [0.05, 0.1) is 12.5 Å². The molecule has 1 rings (SSSR count). The maximum absolute atomic E-state index is 10.4. The van der Waals surface area contributed by atoms with Gasteiger partial charge in [-0.1, -0.05) is 38.1 Å². The summed E-state index contributed by atoms with van der Waals surface area (Å²) in [4.78, 5) is 10.4. The van der Waals surface area contributed by atoms with Gasteiger partial charge >= 0.3 is 5.97 Å². The van der Waals surface area contributed by atoms with Crippen LogP contribution in [0, 0.1) is 0 Å². The fraction of sp³-hybridized carbons (Fsp3) is 0.533. The highest BCUT2D eigenvalue weighted by molar-refractivity contribution is 5.66. The Hall–Kier alpha value is -1.39. The Labute approximate surface area is 114 Å². The number of hydrogen-bond donors (Lipinski definition) is 3. The Morgan fingerprint density at radius 3 is 2.16 bits per heavy atom. The normalized spacial score (nSPS) is 14.4. The van der Waals surface area contributed by atoms with Crippen molar-refractivity contribution in [1.82, 2.24) is 5.32 Å². The highest BCUT2D eigenvalue weighted by atomic mass is 16.4. The lowest BCUT2D eigenvalue weighted by atomic mass is 9.98. The molecule has 2 unspecified atom stereocenters. The molecule has 0 saturated heterocycles. The van der Waals surface area contributed by atoms with Crippen LogP contribution in [-0.4, -0.2) is 28.8 Å². The molecule has 0 spiro atoms. The molecule has 0 fully saturated rings. The molecule has 0 amide bonds. The molecule has 0 aliphatic heterocycles. The first kappa shape index (κ1) is 15.7. The lowest BCUT2D eigenvalue weighted by Gasteiger charge is -2.21. The number of rotatable bonds is 7. The Kier molecular flexibility index (Phi) is 5.99. The van der Waals surface area contributed by atoms with Crippen LogP contribution in [0.4, 0.5) is 0 Å². The predicted molar refractivity (Wildman–Crippen MR) is 75.2 cm³/mol. The van der Waals surface area contributed by atoms with E-state index in [-0.39, 0.29) is 12.5 Å². The number of aliphatic hydroxyl groups excluding tert-OH is 1. The molecule has 106 valence electrons. The average Bonchev–Trinajstić information content (AvgIpc) is 2.37. The van der Waals surface area contributed by atoms with Crippen molar-refractivity contribution in [3.8, 4) is 0 Å². The molecule has 0 bridgehead atoms. The zero-order valence-electron chi connectivity index (χ0n) is 11.8. The van der Waals surface area contributed by atoms with Crippen molar-refractivity contribution < 1.29 is 15.0 Å². The van der Waals surface area contributed by atoms with Gasteiger partial charge in [0.1, 0.15) is 0 Å². The second-order valence-corrected chi connectivity index (χ2v) is 5.15. The Morgan fingerprint density at radius 1 is 1.16 bits per heavy atom. The van der Waals surface area contributed by atoms with Crippen molar-refractivity contribution in [1.29, 1.82) is 0 Å². The monoisotopic (exact) mass is 265 g/mol. The third-order valence-corrected chi connectivity index (χ3v) is 3.22. The largest absolute Gasteiger partial charge is 0.481 e. The van der Waals surface area contributed by atoms with E-state index < -0.39 is 12.1 Å². The van der Waals surface area contributed by atoms with Crippen molar-refractivity contribution >= 4 is 5.97 Å². The predicted octanol–water partition coefficient (Wildman–Crippen LogP) is 2.30. The topological polar surface area (TPSA) is 69.6 Å². The van der Waals surface area contributed by atoms with Gasteiger partial charge in [-0.25, -0.2) is 0 Å². The number of benzene rings is 1. The number of nitrogens with one attached hydrogen (secondary N) is 1. The Bertz CT molecular complexity index is 400. The highest BCUT2D eigenvalue weighted by Crippen LogP contribution is 2.20. The van der Waals surface area contributed by atoms with Crippen LogP contribution in [0.5, 0.6) is 0 Å². The van der Waals surface area contributed by atoms with E-state index in [0.29, 0.717) is 12.5 Å². The smallest absolute Gasteiger partial charge is 0.304 e. The first-order valence-corrected chi connectivity index (χ1v) is 6.65. The third kappa shape index (κ3) is 5.01. The van der Waals surface area contributed by atoms with Crippen LogP contribution in [0.15, 0.2) is 24.3 Å². The summed E-state index contributed by atoms with van der Waals surface area (Å²) < 4.78 is 0. The van der Waals surface area contributed by atoms with Crippen LogP contribution in [0.1, 0.15) is 50.3 Å². The molecule has 0 aliphatic carbocycles. The minimum atomic E-state index is -0.838. The van der Waals surface area contributed by atoms with Crippen LogP contribution in [-0.2, 0) is 4.79 Å². The molecule has 1 aromatic carbocycles. The van der Waals surface area contributed by atoms with Crippen molar-refractivity contribution in [3.63, 3.8) is 0 Å². The summed E-state index contributed by atoms with van der Waals surface area (Å²) in [6, 6.07) is 7.72. The maximum atomic E-state index is 10.4. The summed E-state index contributed by atoms with van der Waals surface area (Å²) in [5.41, 5.74) is 2.09. The number of carboxylic acids is 1. The number of carboxylic acid groups (broad SMARTS) is 1. The van der Waals surface area contributed by atoms with Crippen LogP contribution in [0.2, 0.25) is 0 Å². The first-order valence-electron chi connectivity index (χ1n) is 6.65. The molecular formula is C15H23NO3. The van der Waals surface area contributed by atoms with Gasteiger partial charge in [0.2, 0.25) is 0 Å². The van der Waals surface area contributed by atoms with Crippen molar-refractivity contribution in [2.24, 2.45) is 0 Å². The molecule has 2 atom stereocenters. The van der Waals surface area contributed by atoms with Crippen molar-refractivity contribution in [3.05, 3.63) is 35.4 Å².